The Hall–Kier alpha value is -2.97. The van der Waals surface area contributed by atoms with Gasteiger partial charge in [-0.25, -0.2) is 18.2 Å². The van der Waals surface area contributed by atoms with Gasteiger partial charge in [0.2, 0.25) is 5.91 Å². The monoisotopic (exact) mass is 434 g/mol. The highest BCUT2D eigenvalue weighted by molar-refractivity contribution is 6.05. The molecule has 1 saturated carbocycles. The molecule has 1 aliphatic carbocycles. The third kappa shape index (κ3) is 4.00. The Bertz CT molecular complexity index is 974. The molecule has 0 spiro atoms. The smallest absolute Gasteiger partial charge is 0.249 e. The SMILES string of the molecule is CCN1C(=O)[C@@H](C)N(C)c2cc(NCC3CC(Oc4cc(F)c(F)c(F)c4)C3)ncc21. The first kappa shape index (κ1) is 21.3. The van der Waals surface area contributed by atoms with E-state index < -0.39 is 17.5 Å². The number of likely N-dealkylation sites (N-methyl/N-ethyl adjacent to an activating group) is 2. The molecule has 2 heterocycles. The normalized spacial score (nSPS) is 22.8. The summed E-state index contributed by atoms with van der Waals surface area (Å²) >= 11 is 0. The van der Waals surface area contributed by atoms with Gasteiger partial charge in [-0.3, -0.25) is 4.79 Å². The van der Waals surface area contributed by atoms with Crippen LogP contribution in [0.4, 0.5) is 30.4 Å². The van der Waals surface area contributed by atoms with E-state index in [2.05, 4.69) is 10.3 Å². The lowest BCUT2D eigenvalue weighted by molar-refractivity contribution is -0.119. The van der Waals surface area contributed by atoms with Crippen molar-refractivity contribution in [2.75, 3.05) is 35.3 Å². The van der Waals surface area contributed by atoms with Crippen LogP contribution in [0.25, 0.3) is 0 Å². The first-order valence-electron chi connectivity index (χ1n) is 10.4. The third-order valence-electron chi connectivity index (χ3n) is 6.08. The van der Waals surface area contributed by atoms with Gasteiger partial charge in [0, 0.05) is 38.3 Å². The average Bonchev–Trinajstić information content (AvgIpc) is 2.72. The molecular formula is C22H25F3N4O2. The molecule has 1 aromatic carbocycles. The van der Waals surface area contributed by atoms with Gasteiger partial charge >= 0.3 is 0 Å². The molecule has 2 aromatic rings. The average molecular weight is 434 g/mol. The third-order valence-corrected chi connectivity index (χ3v) is 6.08. The molecule has 1 N–H and O–H groups in total. The van der Waals surface area contributed by atoms with E-state index >= 15 is 0 Å². The van der Waals surface area contributed by atoms with E-state index in [0.29, 0.717) is 31.8 Å². The minimum Gasteiger partial charge on any atom is -0.490 e. The van der Waals surface area contributed by atoms with Crippen molar-refractivity contribution in [1.82, 2.24) is 4.98 Å². The van der Waals surface area contributed by atoms with Crippen molar-refractivity contribution in [2.24, 2.45) is 5.92 Å². The van der Waals surface area contributed by atoms with Crippen LogP contribution in [0.3, 0.4) is 0 Å². The quantitative estimate of drug-likeness (QED) is 0.698. The van der Waals surface area contributed by atoms with Gasteiger partial charge < -0.3 is 19.9 Å². The highest BCUT2D eigenvalue weighted by Crippen LogP contribution is 2.37. The number of benzene rings is 1. The fraction of sp³-hybridized carbons (Fsp3) is 0.455. The van der Waals surface area contributed by atoms with Crippen LogP contribution in [-0.4, -0.2) is 43.2 Å². The van der Waals surface area contributed by atoms with Gasteiger partial charge in [-0.2, -0.15) is 0 Å². The molecule has 0 radical (unpaired) electrons. The van der Waals surface area contributed by atoms with E-state index in [0.717, 1.165) is 29.3 Å². The summed E-state index contributed by atoms with van der Waals surface area (Å²) in [5.41, 5.74) is 1.75. The van der Waals surface area contributed by atoms with Crippen molar-refractivity contribution in [1.29, 1.82) is 0 Å². The molecule has 31 heavy (non-hydrogen) atoms. The number of ether oxygens (including phenoxy) is 1. The zero-order valence-corrected chi connectivity index (χ0v) is 17.7. The van der Waals surface area contributed by atoms with Gasteiger partial charge in [0.05, 0.1) is 23.7 Å². The van der Waals surface area contributed by atoms with Gasteiger partial charge in [-0.1, -0.05) is 0 Å². The second-order valence-electron chi connectivity index (χ2n) is 8.09. The molecule has 1 aliphatic heterocycles. The molecule has 9 heteroatoms. The Labute approximate surface area is 179 Å². The second kappa shape index (κ2) is 8.28. The predicted octanol–water partition coefficient (Wildman–Crippen LogP) is 3.96. The molecular weight excluding hydrogens is 409 g/mol. The van der Waals surface area contributed by atoms with E-state index in [1.165, 1.54) is 0 Å². The largest absolute Gasteiger partial charge is 0.490 e. The molecule has 1 amide bonds. The standard InChI is InChI=1S/C22H25F3N4O2/c1-4-29-19-11-27-20(9-18(19)28(3)12(2)22(29)30)26-10-13-5-14(6-13)31-15-7-16(23)21(25)17(24)8-15/h7-9,11-14H,4-6,10H2,1-3H3,(H,26,27)/t12-,13?,14?/m1/s1. The van der Waals surface area contributed by atoms with E-state index in [1.807, 2.05) is 31.9 Å². The molecule has 0 bridgehead atoms. The molecule has 1 atom stereocenters. The van der Waals surface area contributed by atoms with Crippen LogP contribution < -0.4 is 19.9 Å². The molecule has 2 aliphatic rings. The summed E-state index contributed by atoms with van der Waals surface area (Å²) < 4.78 is 45.2. The van der Waals surface area contributed by atoms with Crippen molar-refractivity contribution < 1.29 is 22.7 Å². The Morgan fingerprint density at radius 3 is 2.48 bits per heavy atom. The molecule has 0 saturated heterocycles. The molecule has 1 aromatic heterocycles. The van der Waals surface area contributed by atoms with E-state index in [1.54, 1.807) is 11.1 Å². The van der Waals surface area contributed by atoms with Crippen molar-refractivity contribution in [3.63, 3.8) is 0 Å². The molecule has 1 fully saturated rings. The summed E-state index contributed by atoms with van der Waals surface area (Å²) in [5, 5.41) is 3.32. The molecule has 0 unspecified atom stereocenters. The second-order valence-corrected chi connectivity index (χ2v) is 8.09. The number of halogens is 3. The molecule has 6 nitrogen and oxygen atoms in total. The zero-order valence-electron chi connectivity index (χ0n) is 17.7. The number of carbonyl (C=O) groups excluding carboxylic acids is 1. The van der Waals surface area contributed by atoms with Crippen molar-refractivity contribution in [2.45, 2.75) is 38.8 Å². The maximum Gasteiger partial charge on any atom is 0.249 e. The lowest BCUT2D eigenvalue weighted by Gasteiger charge is -2.39. The summed E-state index contributed by atoms with van der Waals surface area (Å²) in [7, 11) is 1.90. The Kier molecular flexibility index (Phi) is 5.68. The van der Waals surface area contributed by atoms with E-state index in [-0.39, 0.29) is 23.8 Å². The number of anilines is 3. The van der Waals surface area contributed by atoms with Gasteiger partial charge in [0.15, 0.2) is 17.5 Å². The van der Waals surface area contributed by atoms with Crippen LogP contribution in [0.15, 0.2) is 24.4 Å². The number of carbonyl (C=O) groups is 1. The number of hydrogen-bond donors (Lipinski definition) is 1. The highest BCUT2D eigenvalue weighted by Gasteiger charge is 2.34. The van der Waals surface area contributed by atoms with E-state index in [4.69, 9.17) is 4.74 Å². The highest BCUT2D eigenvalue weighted by atomic mass is 19.2. The lowest BCUT2D eigenvalue weighted by atomic mass is 9.82. The number of nitrogens with zero attached hydrogens (tertiary/aromatic N) is 3. The predicted molar refractivity (Wildman–Crippen MR) is 112 cm³/mol. The van der Waals surface area contributed by atoms with Crippen LogP contribution in [0.5, 0.6) is 5.75 Å². The number of fused-ring (bicyclic) bond motifs is 1. The van der Waals surface area contributed by atoms with Crippen molar-refractivity contribution >= 4 is 23.1 Å². The fourth-order valence-corrected chi connectivity index (χ4v) is 4.05. The topological polar surface area (TPSA) is 57.7 Å². The minimum absolute atomic E-state index is 0.00338. The minimum atomic E-state index is -1.49. The molecule has 166 valence electrons. The Morgan fingerprint density at radius 1 is 1.16 bits per heavy atom. The maximum absolute atomic E-state index is 13.3. The van der Waals surface area contributed by atoms with Crippen molar-refractivity contribution in [3.05, 3.63) is 41.8 Å². The van der Waals surface area contributed by atoms with Gasteiger partial charge in [0.25, 0.3) is 0 Å². The first-order valence-corrected chi connectivity index (χ1v) is 10.4. The molecule has 4 rings (SSSR count). The van der Waals surface area contributed by atoms with Crippen LogP contribution in [0.2, 0.25) is 0 Å². The number of hydrogen-bond acceptors (Lipinski definition) is 5. The summed E-state index contributed by atoms with van der Waals surface area (Å²) in [6.45, 7) is 5.09. The van der Waals surface area contributed by atoms with Crippen molar-refractivity contribution in [3.8, 4) is 5.75 Å². The first-order chi connectivity index (χ1) is 14.8. The van der Waals surface area contributed by atoms with Crippen LogP contribution in [0.1, 0.15) is 26.7 Å². The van der Waals surface area contributed by atoms with Gasteiger partial charge in [0.1, 0.15) is 17.6 Å². The van der Waals surface area contributed by atoms with Gasteiger partial charge in [-0.05, 0) is 32.6 Å². The number of aromatic nitrogens is 1. The van der Waals surface area contributed by atoms with E-state index in [9.17, 15) is 18.0 Å². The van der Waals surface area contributed by atoms with Gasteiger partial charge in [-0.15, -0.1) is 0 Å². The summed E-state index contributed by atoms with van der Waals surface area (Å²) in [6, 6.07) is 3.43. The number of pyridine rings is 1. The summed E-state index contributed by atoms with van der Waals surface area (Å²) in [5.74, 6) is -2.91. The number of rotatable bonds is 6. The maximum atomic E-state index is 13.3. The number of amides is 1. The Morgan fingerprint density at radius 2 is 1.84 bits per heavy atom. The summed E-state index contributed by atoms with van der Waals surface area (Å²) in [6.07, 6.45) is 2.98. The zero-order chi connectivity index (χ0) is 22.3. The lowest BCUT2D eigenvalue weighted by Crippen LogP contribution is -2.50. The van der Waals surface area contributed by atoms with Crippen LogP contribution in [-0.2, 0) is 4.79 Å². The Balaban J connectivity index is 1.33. The van der Waals surface area contributed by atoms with Crippen LogP contribution >= 0.6 is 0 Å². The van der Waals surface area contributed by atoms with Crippen LogP contribution in [0, 0.1) is 23.4 Å². The number of nitrogens with one attached hydrogen (secondary N) is 1. The summed E-state index contributed by atoms with van der Waals surface area (Å²) in [4.78, 5) is 20.6. The fourth-order valence-electron chi connectivity index (χ4n) is 4.05.